The number of para-hydroxylation sites is 1. The Labute approximate surface area is 159 Å². The van der Waals surface area contributed by atoms with Crippen LogP contribution in [0.2, 0.25) is 0 Å². The van der Waals surface area contributed by atoms with E-state index < -0.39 is 0 Å². The van der Waals surface area contributed by atoms with E-state index in [1.165, 1.54) is 4.90 Å². The van der Waals surface area contributed by atoms with E-state index in [0.717, 1.165) is 29.8 Å². The van der Waals surface area contributed by atoms with E-state index in [1.807, 2.05) is 48.5 Å². The summed E-state index contributed by atoms with van der Waals surface area (Å²) >= 11 is 1.77. The number of benzene rings is 2. The first kappa shape index (κ1) is 18.4. The zero-order valence-corrected chi connectivity index (χ0v) is 15.5. The van der Waals surface area contributed by atoms with Crippen LogP contribution in [0.25, 0.3) is 0 Å². The second-order valence-corrected chi connectivity index (χ2v) is 7.37. The zero-order chi connectivity index (χ0) is 18.2. The van der Waals surface area contributed by atoms with Crippen LogP contribution in [0.1, 0.15) is 18.4 Å². The van der Waals surface area contributed by atoms with Gasteiger partial charge < -0.3 is 15.4 Å². The molecule has 0 radical (unpaired) electrons. The van der Waals surface area contributed by atoms with Crippen LogP contribution in [-0.4, -0.2) is 23.9 Å². The van der Waals surface area contributed by atoms with Crippen molar-refractivity contribution in [2.75, 3.05) is 11.1 Å². The van der Waals surface area contributed by atoms with Gasteiger partial charge in [-0.2, -0.15) is 0 Å². The van der Waals surface area contributed by atoms with Crippen molar-refractivity contribution >= 4 is 23.5 Å². The molecule has 0 saturated heterocycles. The van der Waals surface area contributed by atoms with Crippen molar-refractivity contribution in [2.45, 2.75) is 36.4 Å². The number of rotatable bonds is 8. The fourth-order valence-electron chi connectivity index (χ4n) is 2.87. The third kappa shape index (κ3) is 5.30. The average molecular weight is 369 g/mol. The van der Waals surface area contributed by atoms with E-state index in [-0.39, 0.29) is 12.1 Å². The second kappa shape index (κ2) is 9.34. The van der Waals surface area contributed by atoms with Gasteiger partial charge in [-0.25, -0.2) is 4.79 Å². The molecule has 136 valence electrons. The van der Waals surface area contributed by atoms with Crippen molar-refractivity contribution in [3.05, 3.63) is 72.8 Å². The minimum absolute atomic E-state index is 0.170. The summed E-state index contributed by atoms with van der Waals surface area (Å²) in [4.78, 5) is 13.1. The third-order valence-corrected chi connectivity index (χ3v) is 5.35. The number of carbonyl (C=O) groups excluding carboxylic acids is 1. The van der Waals surface area contributed by atoms with Gasteiger partial charge in [0.25, 0.3) is 0 Å². The number of hydrogen-bond acceptors (Lipinski definition) is 4. The molecule has 2 aromatic rings. The molecule has 0 heterocycles. The summed E-state index contributed by atoms with van der Waals surface area (Å²) in [6.07, 6.45) is 3.37. The smallest absolute Gasteiger partial charge is 0.407 e. The van der Waals surface area contributed by atoms with Gasteiger partial charge in [-0.15, -0.1) is 18.3 Å². The minimum Gasteiger partial charge on any atom is -0.445 e. The van der Waals surface area contributed by atoms with Crippen LogP contribution < -0.4 is 10.6 Å². The molecule has 1 amide bonds. The number of alkyl carbamates (subject to hydrolysis) is 1. The van der Waals surface area contributed by atoms with E-state index in [0.29, 0.717) is 12.6 Å². The number of hydrogen-bond donors (Lipinski definition) is 2. The van der Waals surface area contributed by atoms with Crippen LogP contribution in [0.15, 0.2) is 72.1 Å². The van der Waals surface area contributed by atoms with Crippen molar-refractivity contribution in [3.63, 3.8) is 0 Å². The highest BCUT2D eigenvalue weighted by Crippen LogP contribution is 2.31. The molecule has 0 aliphatic heterocycles. The summed E-state index contributed by atoms with van der Waals surface area (Å²) in [5, 5.41) is 6.50. The molecule has 1 aliphatic carbocycles. The lowest BCUT2D eigenvalue weighted by atomic mass is 9.86. The molecule has 0 bridgehead atoms. The molecule has 2 N–H and O–H groups in total. The average Bonchev–Trinajstić information content (AvgIpc) is 2.64. The monoisotopic (exact) mass is 368 g/mol. The molecule has 5 heteroatoms. The molecule has 3 rings (SSSR count). The van der Waals surface area contributed by atoms with Gasteiger partial charge >= 0.3 is 6.09 Å². The Kier molecular flexibility index (Phi) is 6.61. The maximum absolute atomic E-state index is 11.9. The van der Waals surface area contributed by atoms with Crippen molar-refractivity contribution in [3.8, 4) is 0 Å². The normalized spacial score (nSPS) is 18.5. The molecular formula is C21H24N2O2S. The number of thioether (sulfide) groups is 1. The van der Waals surface area contributed by atoms with Crippen LogP contribution in [0.5, 0.6) is 0 Å². The van der Waals surface area contributed by atoms with Gasteiger partial charge in [0.1, 0.15) is 6.61 Å². The molecule has 0 atom stereocenters. The van der Waals surface area contributed by atoms with Gasteiger partial charge in [0.2, 0.25) is 0 Å². The largest absolute Gasteiger partial charge is 0.445 e. The summed E-state index contributed by atoms with van der Waals surface area (Å²) in [5.41, 5.74) is 2.14. The van der Waals surface area contributed by atoms with Crippen LogP contribution in [-0.2, 0) is 11.3 Å². The fourth-order valence-corrected chi connectivity index (χ4v) is 3.62. The third-order valence-electron chi connectivity index (χ3n) is 4.28. The van der Waals surface area contributed by atoms with Gasteiger partial charge in [0, 0.05) is 28.4 Å². The maximum atomic E-state index is 11.9. The highest BCUT2D eigenvalue weighted by Gasteiger charge is 2.31. The minimum atomic E-state index is -0.348. The molecule has 1 aliphatic rings. The number of ether oxygens (including phenoxy) is 1. The number of carbonyl (C=O) groups is 1. The first-order valence-corrected chi connectivity index (χ1v) is 9.79. The van der Waals surface area contributed by atoms with Gasteiger partial charge in [-0.3, -0.25) is 0 Å². The fraction of sp³-hybridized carbons (Fsp3) is 0.286. The van der Waals surface area contributed by atoms with E-state index >= 15 is 0 Å². The van der Waals surface area contributed by atoms with Gasteiger partial charge in [0.15, 0.2) is 0 Å². The quantitative estimate of drug-likeness (QED) is 0.517. The van der Waals surface area contributed by atoms with Crippen LogP contribution in [0.3, 0.4) is 0 Å². The van der Waals surface area contributed by atoms with Crippen LogP contribution in [0.4, 0.5) is 10.5 Å². The lowest BCUT2D eigenvalue weighted by molar-refractivity contribution is 0.129. The molecule has 2 aromatic carbocycles. The Morgan fingerprint density at radius 3 is 2.62 bits per heavy atom. The standard InChI is InChI=1S/C21H24N2O2S/c1-2-12-26-20-11-7-6-10-19(20)22-17-13-18(14-17)23-21(24)25-15-16-8-4-3-5-9-16/h2-11,17-18,22H,1,12-15H2,(H,23,24). The van der Waals surface area contributed by atoms with Crippen molar-refractivity contribution in [1.29, 1.82) is 0 Å². The van der Waals surface area contributed by atoms with E-state index in [4.69, 9.17) is 4.74 Å². The predicted octanol–water partition coefficient (Wildman–Crippen LogP) is 4.83. The molecule has 4 nitrogen and oxygen atoms in total. The van der Waals surface area contributed by atoms with Crippen LogP contribution in [0, 0.1) is 0 Å². The lowest BCUT2D eigenvalue weighted by Crippen LogP contribution is -2.49. The number of amides is 1. The van der Waals surface area contributed by atoms with Crippen LogP contribution >= 0.6 is 11.8 Å². The van der Waals surface area contributed by atoms with Gasteiger partial charge in [0.05, 0.1) is 0 Å². The van der Waals surface area contributed by atoms with Crippen molar-refractivity contribution in [2.24, 2.45) is 0 Å². The molecular weight excluding hydrogens is 344 g/mol. The Hall–Kier alpha value is -2.40. The van der Waals surface area contributed by atoms with Crippen molar-refractivity contribution in [1.82, 2.24) is 5.32 Å². The molecule has 26 heavy (non-hydrogen) atoms. The van der Waals surface area contributed by atoms with E-state index in [2.05, 4.69) is 29.3 Å². The first-order valence-electron chi connectivity index (χ1n) is 8.81. The van der Waals surface area contributed by atoms with Gasteiger partial charge in [-0.05, 0) is 30.5 Å². The Balaban J connectivity index is 1.39. The zero-order valence-electron chi connectivity index (χ0n) is 14.7. The number of anilines is 1. The molecule has 0 aromatic heterocycles. The summed E-state index contributed by atoms with van der Waals surface area (Å²) in [7, 11) is 0. The van der Waals surface area contributed by atoms with Gasteiger partial charge in [-0.1, -0.05) is 48.5 Å². The topological polar surface area (TPSA) is 50.4 Å². The summed E-state index contributed by atoms with van der Waals surface area (Å²) in [5.74, 6) is 0.890. The lowest BCUT2D eigenvalue weighted by Gasteiger charge is -2.37. The molecule has 0 unspecified atom stereocenters. The molecule has 1 fully saturated rings. The SMILES string of the molecule is C=CCSc1ccccc1NC1CC(NC(=O)OCc2ccccc2)C1. The van der Waals surface area contributed by atoms with E-state index in [1.54, 1.807) is 11.8 Å². The van der Waals surface area contributed by atoms with E-state index in [9.17, 15) is 4.79 Å². The Morgan fingerprint density at radius 2 is 1.85 bits per heavy atom. The number of nitrogens with one attached hydrogen (secondary N) is 2. The van der Waals surface area contributed by atoms with Crippen molar-refractivity contribution < 1.29 is 9.53 Å². The Bertz CT molecular complexity index is 730. The summed E-state index contributed by atoms with van der Waals surface area (Å²) in [6.45, 7) is 4.07. The first-order chi connectivity index (χ1) is 12.7. The molecule has 1 saturated carbocycles. The highest BCUT2D eigenvalue weighted by atomic mass is 32.2. The molecule has 0 spiro atoms. The summed E-state index contributed by atoms with van der Waals surface area (Å²) < 4.78 is 5.27. The summed E-state index contributed by atoms with van der Waals surface area (Å²) in [6, 6.07) is 18.5. The predicted molar refractivity (Wildman–Crippen MR) is 108 cm³/mol. The highest BCUT2D eigenvalue weighted by molar-refractivity contribution is 7.99. The Morgan fingerprint density at radius 1 is 1.12 bits per heavy atom. The second-order valence-electron chi connectivity index (χ2n) is 6.31. The maximum Gasteiger partial charge on any atom is 0.407 e.